The lowest BCUT2D eigenvalue weighted by Gasteiger charge is -2.07. The Labute approximate surface area is 109 Å². The van der Waals surface area contributed by atoms with Gasteiger partial charge in [0, 0.05) is 5.02 Å². The second-order valence-electron chi connectivity index (χ2n) is 3.75. The SMILES string of the molecule is Cc1ccc(C(Br)Cc2cccc(Cl)c2)o1. The number of rotatable bonds is 3. The molecule has 0 aliphatic rings. The largest absolute Gasteiger partial charge is 0.465 e. The molecule has 0 radical (unpaired) electrons. The van der Waals surface area contributed by atoms with Crippen molar-refractivity contribution in [3.8, 4) is 0 Å². The lowest BCUT2D eigenvalue weighted by Crippen LogP contribution is -1.93. The van der Waals surface area contributed by atoms with E-state index < -0.39 is 0 Å². The number of hydrogen-bond acceptors (Lipinski definition) is 1. The molecule has 3 heteroatoms. The molecule has 0 bridgehead atoms. The molecule has 1 heterocycles. The van der Waals surface area contributed by atoms with E-state index in [9.17, 15) is 0 Å². The van der Waals surface area contributed by atoms with Crippen molar-refractivity contribution in [3.05, 3.63) is 58.5 Å². The van der Waals surface area contributed by atoms with Crippen molar-refractivity contribution < 1.29 is 4.42 Å². The zero-order valence-corrected chi connectivity index (χ0v) is 11.3. The summed E-state index contributed by atoms with van der Waals surface area (Å²) >= 11 is 9.56. The van der Waals surface area contributed by atoms with Gasteiger partial charge in [-0.1, -0.05) is 39.7 Å². The molecule has 0 aliphatic carbocycles. The first-order chi connectivity index (χ1) is 7.65. The fourth-order valence-corrected chi connectivity index (χ4v) is 2.43. The van der Waals surface area contributed by atoms with Crippen LogP contribution >= 0.6 is 27.5 Å². The molecule has 16 heavy (non-hydrogen) atoms. The van der Waals surface area contributed by atoms with Crippen LogP contribution in [0.15, 0.2) is 40.8 Å². The van der Waals surface area contributed by atoms with Gasteiger partial charge in [-0.25, -0.2) is 0 Å². The molecule has 84 valence electrons. The van der Waals surface area contributed by atoms with Crippen molar-refractivity contribution in [3.63, 3.8) is 0 Å². The third kappa shape index (κ3) is 2.89. The topological polar surface area (TPSA) is 13.1 Å². The van der Waals surface area contributed by atoms with Gasteiger partial charge in [0.05, 0.1) is 4.83 Å². The van der Waals surface area contributed by atoms with E-state index >= 15 is 0 Å². The Morgan fingerprint density at radius 2 is 2.12 bits per heavy atom. The molecule has 2 rings (SSSR count). The molecule has 1 aromatic carbocycles. The molecule has 0 fully saturated rings. The molecule has 0 N–H and O–H groups in total. The van der Waals surface area contributed by atoms with Gasteiger partial charge in [-0.05, 0) is 43.2 Å². The highest BCUT2D eigenvalue weighted by Crippen LogP contribution is 2.29. The van der Waals surface area contributed by atoms with Gasteiger partial charge in [-0.2, -0.15) is 0 Å². The molecule has 1 nitrogen and oxygen atoms in total. The average molecular weight is 300 g/mol. The van der Waals surface area contributed by atoms with Crippen LogP contribution < -0.4 is 0 Å². The summed E-state index contributed by atoms with van der Waals surface area (Å²) in [5.41, 5.74) is 1.20. The molecular formula is C13H12BrClO. The lowest BCUT2D eigenvalue weighted by molar-refractivity contribution is 0.481. The summed E-state index contributed by atoms with van der Waals surface area (Å²) < 4.78 is 5.57. The predicted octanol–water partition coefficient (Wildman–Crippen LogP) is 4.92. The minimum absolute atomic E-state index is 0.194. The zero-order valence-electron chi connectivity index (χ0n) is 8.91. The van der Waals surface area contributed by atoms with E-state index in [0.29, 0.717) is 0 Å². The number of aryl methyl sites for hydroxylation is 1. The number of benzene rings is 1. The van der Waals surface area contributed by atoms with Crippen LogP contribution in [0, 0.1) is 6.92 Å². The van der Waals surface area contributed by atoms with Crippen molar-refractivity contribution in [2.24, 2.45) is 0 Å². The van der Waals surface area contributed by atoms with E-state index in [2.05, 4.69) is 22.0 Å². The third-order valence-corrected chi connectivity index (χ3v) is 3.38. The van der Waals surface area contributed by atoms with Crippen molar-refractivity contribution in [2.45, 2.75) is 18.2 Å². The number of furan rings is 1. The normalized spacial score (nSPS) is 12.7. The Bertz CT molecular complexity index is 478. The second kappa shape index (κ2) is 5.07. The smallest absolute Gasteiger partial charge is 0.118 e. The summed E-state index contributed by atoms with van der Waals surface area (Å²) in [5.74, 6) is 1.89. The highest BCUT2D eigenvalue weighted by molar-refractivity contribution is 9.09. The summed E-state index contributed by atoms with van der Waals surface area (Å²) in [6.07, 6.45) is 0.869. The first-order valence-electron chi connectivity index (χ1n) is 5.10. The molecule has 0 saturated carbocycles. The summed E-state index contributed by atoms with van der Waals surface area (Å²) in [6, 6.07) is 11.9. The van der Waals surface area contributed by atoms with Crippen molar-refractivity contribution in [1.82, 2.24) is 0 Å². The first-order valence-corrected chi connectivity index (χ1v) is 6.39. The van der Waals surface area contributed by atoms with Crippen molar-refractivity contribution in [1.29, 1.82) is 0 Å². The highest BCUT2D eigenvalue weighted by Gasteiger charge is 2.12. The van der Waals surface area contributed by atoms with Gasteiger partial charge in [0.2, 0.25) is 0 Å². The maximum absolute atomic E-state index is 5.94. The van der Waals surface area contributed by atoms with Crippen LogP contribution in [0.4, 0.5) is 0 Å². The highest BCUT2D eigenvalue weighted by atomic mass is 79.9. The quantitative estimate of drug-likeness (QED) is 0.733. The number of alkyl halides is 1. The average Bonchev–Trinajstić information content (AvgIpc) is 2.65. The van der Waals surface area contributed by atoms with E-state index in [1.165, 1.54) is 5.56 Å². The minimum Gasteiger partial charge on any atom is -0.465 e. The molecule has 1 aromatic heterocycles. The zero-order chi connectivity index (χ0) is 11.5. The summed E-state index contributed by atoms with van der Waals surface area (Å²) in [7, 11) is 0. The molecule has 0 spiro atoms. The second-order valence-corrected chi connectivity index (χ2v) is 5.29. The van der Waals surface area contributed by atoms with Gasteiger partial charge in [0.15, 0.2) is 0 Å². The van der Waals surface area contributed by atoms with Crippen LogP contribution in [0.2, 0.25) is 5.02 Å². The van der Waals surface area contributed by atoms with Crippen molar-refractivity contribution >= 4 is 27.5 Å². The number of halogens is 2. The van der Waals surface area contributed by atoms with Gasteiger partial charge in [-0.3, -0.25) is 0 Å². The van der Waals surface area contributed by atoms with Crippen LogP contribution in [0.25, 0.3) is 0 Å². The molecule has 0 saturated heterocycles. The van der Waals surface area contributed by atoms with E-state index in [-0.39, 0.29) is 4.83 Å². The molecule has 2 aromatic rings. The Morgan fingerprint density at radius 1 is 1.31 bits per heavy atom. The van der Waals surface area contributed by atoms with Gasteiger partial charge in [-0.15, -0.1) is 0 Å². The summed E-state index contributed by atoms with van der Waals surface area (Å²) in [4.78, 5) is 0.194. The number of hydrogen-bond donors (Lipinski definition) is 0. The maximum atomic E-state index is 5.94. The van der Waals surface area contributed by atoms with Gasteiger partial charge in [0.25, 0.3) is 0 Å². The fraction of sp³-hybridized carbons (Fsp3) is 0.231. The lowest BCUT2D eigenvalue weighted by atomic mass is 10.1. The van der Waals surface area contributed by atoms with Crippen LogP contribution in [0.5, 0.6) is 0 Å². The van der Waals surface area contributed by atoms with E-state index in [0.717, 1.165) is 23.0 Å². The van der Waals surface area contributed by atoms with Gasteiger partial charge >= 0.3 is 0 Å². The molecule has 0 aliphatic heterocycles. The van der Waals surface area contributed by atoms with Crippen molar-refractivity contribution in [2.75, 3.05) is 0 Å². The summed E-state index contributed by atoms with van der Waals surface area (Å²) in [6.45, 7) is 1.95. The minimum atomic E-state index is 0.194. The Kier molecular flexibility index (Phi) is 3.72. The monoisotopic (exact) mass is 298 g/mol. The fourth-order valence-electron chi connectivity index (χ4n) is 1.59. The molecule has 1 unspecified atom stereocenters. The van der Waals surface area contributed by atoms with Crippen LogP contribution in [-0.4, -0.2) is 0 Å². The molecular weight excluding hydrogens is 287 g/mol. The molecule has 1 atom stereocenters. The maximum Gasteiger partial charge on any atom is 0.118 e. The Hall–Kier alpha value is -0.730. The van der Waals surface area contributed by atoms with Gasteiger partial charge < -0.3 is 4.42 Å². The van der Waals surface area contributed by atoms with E-state index in [1.807, 2.05) is 37.3 Å². The Balaban J connectivity index is 2.10. The van der Waals surface area contributed by atoms with Crippen LogP contribution in [-0.2, 0) is 6.42 Å². The van der Waals surface area contributed by atoms with Crippen LogP contribution in [0.3, 0.4) is 0 Å². The molecule has 0 amide bonds. The third-order valence-electron chi connectivity index (χ3n) is 2.37. The van der Waals surface area contributed by atoms with Crippen LogP contribution in [0.1, 0.15) is 21.9 Å². The Morgan fingerprint density at radius 3 is 2.75 bits per heavy atom. The van der Waals surface area contributed by atoms with E-state index in [4.69, 9.17) is 16.0 Å². The van der Waals surface area contributed by atoms with E-state index in [1.54, 1.807) is 0 Å². The van der Waals surface area contributed by atoms with Gasteiger partial charge in [0.1, 0.15) is 11.5 Å². The summed E-state index contributed by atoms with van der Waals surface area (Å²) in [5, 5.41) is 0.771. The standard InChI is InChI=1S/C13H12BrClO/c1-9-5-6-13(16-9)12(14)8-10-3-2-4-11(15)7-10/h2-7,12H,8H2,1H3. The predicted molar refractivity (Wildman–Crippen MR) is 70.3 cm³/mol. The first kappa shape index (κ1) is 11.7.